The first kappa shape index (κ1) is 25.6. The van der Waals surface area contributed by atoms with E-state index >= 15 is 0 Å². The van der Waals surface area contributed by atoms with Gasteiger partial charge in [0.1, 0.15) is 0 Å². The standard InChI is InChI=1S/C23H48NO2/c1-5-6-7-8-9-10-11-12-13-14-15-16-17-18-19-20-21-24(4,22(2)25)23(3)26/h12-13,22-23,25-26H,5-11,14-21H2,1-4H3/q+1/b13-12-. The van der Waals surface area contributed by atoms with Crippen LogP contribution in [0.2, 0.25) is 0 Å². The Balaban J connectivity index is 3.42. The molecule has 3 nitrogen and oxygen atoms in total. The van der Waals surface area contributed by atoms with E-state index in [-0.39, 0.29) is 0 Å². The fourth-order valence-electron chi connectivity index (χ4n) is 3.39. The number of nitrogens with zero attached hydrogens (tertiary/aromatic N) is 1. The van der Waals surface area contributed by atoms with Crippen LogP contribution in [0.15, 0.2) is 12.2 Å². The van der Waals surface area contributed by atoms with E-state index in [2.05, 4.69) is 19.1 Å². The molecule has 0 saturated carbocycles. The van der Waals surface area contributed by atoms with Gasteiger partial charge in [-0.1, -0.05) is 70.4 Å². The third-order valence-electron chi connectivity index (χ3n) is 5.86. The molecule has 0 spiro atoms. The van der Waals surface area contributed by atoms with Crippen molar-refractivity contribution < 1.29 is 14.7 Å². The third kappa shape index (κ3) is 12.9. The van der Waals surface area contributed by atoms with E-state index < -0.39 is 12.5 Å². The molecule has 0 saturated heterocycles. The quantitative estimate of drug-likeness (QED) is 0.131. The van der Waals surface area contributed by atoms with Crippen LogP contribution < -0.4 is 0 Å². The largest absolute Gasteiger partial charge is 0.345 e. The van der Waals surface area contributed by atoms with Gasteiger partial charge in [-0.05, 0) is 38.5 Å². The van der Waals surface area contributed by atoms with Crippen molar-refractivity contribution in [2.75, 3.05) is 13.6 Å². The monoisotopic (exact) mass is 370 g/mol. The molecule has 0 aromatic carbocycles. The molecule has 2 N–H and O–H groups in total. The van der Waals surface area contributed by atoms with Crippen LogP contribution in [0.5, 0.6) is 0 Å². The predicted molar refractivity (Wildman–Crippen MR) is 114 cm³/mol. The Labute approximate surface area is 164 Å². The van der Waals surface area contributed by atoms with E-state index in [0.717, 1.165) is 13.0 Å². The van der Waals surface area contributed by atoms with Crippen molar-refractivity contribution in [2.45, 2.75) is 123 Å². The maximum Gasteiger partial charge on any atom is 0.189 e. The van der Waals surface area contributed by atoms with Crippen molar-refractivity contribution in [3.63, 3.8) is 0 Å². The van der Waals surface area contributed by atoms with Gasteiger partial charge in [0.15, 0.2) is 12.5 Å². The molecule has 0 aliphatic rings. The van der Waals surface area contributed by atoms with E-state index in [4.69, 9.17) is 0 Å². The van der Waals surface area contributed by atoms with Crippen molar-refractivity contribution in [3.8, 4) is 0 Å². The Morgan fingerprint density at radius 3 is 1.46 bits per heavy atom. The van der Waals surface area contributed by atoms with Crippen molar-refractivity contribution in [1.82, 2.24) is 0 Å². The van der Waals surface area contributed by atoms with E-state index in [0.29, 0.717) is 4.48 Å². The zero-order valence-corrected chi connectivity index (χ0v) is 18.3. The molecule has 0 bridgehead atoms. The highest BCUT2D eigenvalue weighted by molar-refractivity contribution is 4.81. The summed E-state index contributed by atoms with van der Waals surface area (Å²) in [6.07, 6.45) is 22.0. The number of hydrogen-bond acceptors (Lipinski definition) is 2. The van der Waals surface area contributed by atoms with Crippen LogP contribution in [-0.4, -0.2) is 40.7 Å². The molecule has 2 unspecified atom stereocenters. The minimum atomic E-state index is -0.516. The smallest absolute Gasteiger partial charge is 0.189 e. The van der Waals surface area contributed by atoms with Crippen LogP contribution >= 0.6 is 0 Å². The number of unbranched alkanes of at least 4 members (excludes halogenated alkanes) is 12. The first-order valence-electron chi connectivity index (χ1n) is 11.3. The van der Waals surface area contributed by atoms with Gasteiger partial charge < -0.3 is 10.2 Å². The van der Waals surface area contributed by atoms with Crippen LogP contribution in [0, 0.1) is 0 Å². The molecule has 0 fully saturated rings. The van der Waals surface area contributed by atoms with Crippen LogP contribution in [0.3, 0.4) is 0 Å². The molecule has 3 heteroatoms. The van der Waals surface area contributed by atoms with Crippen molar-refractivity contribution in [1.29, 1.82) is 0 Å². The number of hydrogen-bond donors (Lipinski definition) is 2. The summed E-state index contributed by atoms with van der Waals surface area (Å²) >= 11 is 0. The van der Waals surface area contributed by atoms with Gasteiger partial charge in [-0.2, -0.15) is 0 Å². The summed E-state index contributed by atoms with van der Waals surface area (Å²) in [5.74, 6) is 0. The number of quaternary nitrogens is 1. The summed E-state index contributed by atoms with van der Waals surface area (Å²) in [5, 5.41) is 19.7. The summed E-state index contributed by atoms with van der Waals surface area (Å²) in [7, 11) is 1.94. The average Bonchev–Trinajstić information content (AvgIpc) is 2.60. The summed E-state index contributed by atoms with van der Waals surface area (Å²) in [6, 6.07) is 0. The zero-order chi connectivity index (χ0) is 19.7. The second kappa shape index (κ2) is 16.8. The minimum absolute atomic E-state index is 0.337. The van der Waals surface area contributed by atoms with Gasteiger partial charge in [-0.25, -0.2) is 0 Å². The van der Waals surface area contributed by atoms with Gasteiger partial charge >= 0.3 is 0 Å². The lowest BCUT2D eigenvalue weighted by Gasteiger charge is -2.39. The summed E-state index contributed by atoms with van der Waals surface area (Å²) in [5.41, 5.74) is 0. The zero-order valence-electron chi connectivity index (χ0n) is 18.3. The third-order valence-corrected chi connectivity index (χ3v) is 5.86. The highest BCUT2D eigenvalue weighted by atomic mass is 16.3. The maximum absolute atomic E-state index is 9.87. The van der Waals surface area contributed by atoms with E-state index in [9.17, 15) is 10.2 Å². The van der Waals surface area contributed by atoms with Crippen LogP contribution in [0.4, 0.5) is 0 Å². The fourth-order valence-corrected chi connectivity index (χ4v) is 3.39. The SMILES string of the molecule is CCCCCCCC/C=C\CCCCCCCC[N+](C)(C(C)O)C(C)O. The van der Waals surface area contributed by atoms with Gasteiger partial charge in [0.25, 0.3) is 0 Å². The molecule has 2 atom stereocenters. The maximum atomic E-state index is 9.87. The normalized spacial score (nSPS) is 16.7. The predicted octanol–water partition coefficient (Wildman–Crippen LogP) is 6.15. The summed E-state index contributed by atoms with van der Waals surface area (Å²) in [6.45, 7) is 6.66. The van der Waals surface area contributed by atoms with Gasteiger partial charge in [0.05, 0.1) is 13.6 Å². The topological polar surface area (TPSA) is 40.5 Å². The Bertz CT molecular complexity index is 318. The molecule has 0 amide bonds. The van der Waals surface area contributed by atoms with Crippen molar-refractivity contribution in [3.05, 3.63) is 12.2 Å². The molecular formula is C23H48NO2+. The second-order valence-electron chi connectivity index (χ2n) is 8.27. The Morgan fingerprint density at radius 2 is 1.04 bits per heavy atom. The highest BCUT2D eigenvalue weighted by Crippen LogP contribution is 2.16. The second-order valence-corrected chi connectivity index (χ2v) is 8.27. The molecule has 156 valence electrons. The van der Waals surface area contributed by atoms with Crippen LogP contribution in [-0.2, 0) is 0 Å². The summed E-state index contributed by atoms with van der Waals surface area (Å²) < 4.78 is 0.337. The van der Waals surface area contributed by atoms with E-state index in [1.165, 1.54) is 83.5 Å². The molecule has 26 heavy (non-hydrogen) atoms. The number of aliphatic hydroxyl groups excluding tert-OH is 2. The Kier molecular flexibility index (Phi) is 16.5. The number of allylic oxidation sites excluding steroid dienone is 2. The van der Waals surface area contributed by atoms with Crippen LogP contribution in [0.25, 0.3) is 0 Å². The minimum Gasteiger partial charge on any atom is -0.345 e. The lowest BCUT2D eigenvalue weighted by atomic mass is 10.1. The van der Waals surface area contributed by atoms with Crippen molar-refractivity contribution >= 4 is 0 Å². The summed E-state index contributed by atoms with van der Waals surface area (Å²) in [4.78, 5) is 0. The van der Waals surface area contributed by atoms with Crippen molar-refractivity contribution in [2.24, 2.45) is 0 Å². The lowest BCUT2D eigenvalue weighted by Crippen LogP contribution is -2.57. The molecule has 0 aromatic heterocycles. The van der Waals surface area contributed by atoms with Gasteiger partial charge in [0, 0.05) is 13.8 Å². The molecule has 0 aliphatic heterocycles. The molecule has 0 rings (SSSR count). The number of rotatable bonds is 18. The van der Waals surface area contributed by atoms with Crippen LogP contribution in [0.1, 0.15) is 111 Å². The number of aliphatic hydroxyl groups is 2. The molecule has 0 aromatic rings. The van der Waals surface area contributed by atoms with Gasteiger partial charge in [0.2, 0.25) is 0 Å². The molecule has 0 aliphatic carbocycles. The van der Waals surface area contributed by atoms with Gasteiger partial charge in [-0.3, -0.25) is 4.48 Å². The van der Waals surface area contributed by atoms with E-state index in [1.807, 2.05) is 7.05 Å². The van der Waals surface area contributed by atoms with Gasteiger partial charge in [-0.15, -0.1) is 0 Å². The fraction of sp³-hybridized carbons (Fsp3) is 0.913. The molecule has 0 heterocycles. The first-order chi connectivity index (χ1) is 12.4. The lowest BCUT2D eigenvalue weighted by molar-refractivity contribution is -0.990. The molecular weight excluding hydrogens is 322 g/mol. The highest BCUT2D eigenvalue weighted by Gasteiger charge is 2.31. The molecule has 0 radical (unpaired) electrons. The average molecular weight is 371 g/mol. The first-order valence-corrected chi connectivity index (χ1v) is 11.3. The Hall–Kier alpha value is -0.380. The Morgan fingerprint density at radius 1 is 0.654 bits per heavy atom. The van der Waals surface area contributed by atoms with E-state index in [1.54, 1.807) is 13.8 Å².